The van der Waals surface area contributed by atoms with E-state index in [0.29, 0.717) is 23.6 Å². The molecule has 1 amide bonds. The fraction of sp³-hybridized carbons (Fsp3) is 0.286. The van der Waals surface area contributed by atoms with Gasteiger partial charge >= 0.3 is 5.97 Å². The summed E-state index contributed by atoms with van der Waals surface area (Å²) in [5, 5.41) is 0. The van der Waals surface area contributed by atoms with Crippen LogP contribution in [0.1, 0.15) is 17.5 Å². The van der Waals surface area contributed by atoms with E-state index in [9.17, 15) is 9.59 Å². The SMILES string of the molecule is COC(=O)CCN(Cc1cccnc1)C(=O)/C=C/c1cc(OC)ccc1OC. The second-order valence-electron chi connectivity index (χ2n) is 5.89. The third-order valence-electron chi connectivity index (χ3n) is 4.06. The van der Waals surface area contributed by atoms with Gasteiger partial charge in [0.15, 0.2) is 0 Å². The quantitative estimate of drug-likeness (QED) is 0.489. The summed E-state index contributed by atoms with van der Waals surface area (Å²) in [7, 11) is 4.46. The number of aromatic nitrogens is 1. The minimum atomic E-state index is -0.373. The van der Waals surface area contributed by atoms with E-state index in [-0.39, 0.29) is 24.8 Å². The van der Waals surface area contributed by atoms with Crippen molar-refractivity contribution in [2.45, 2.75) is 13.0 Å². The van der Waals surface area contributed by atoms with Gasteiger partial charge in [0.05, 0.1) is 27.8 Å². The molecule has 0 aliphatic rings. The van der Waals surface area contributed by atoms with E-state index < -0.39 is 0 Å². The molecule has 0 saturated carbocycles. The van der Waals surface area contributed by atoms with Crippen molar-refractivity contribution >= 4 is 18.0 Å². The Morgan fingerprint density at radius 1 is 1.14 bits per heavy atom. The lowest BCUT2D eigenvalue weighted by Crippen LogP contribution is -2.31. The number of carbonyl (C=O) groups is 2. The molecule has 0 bridgehead atoms. The molecule has 7 heteroatoms. The van der Waals surface area contributed by atoms with Gasteiger partial charge in [0, 0.05) is 37.1 Å². The van der Waals surface area contributed by atoms with E-state index in [1.807, 2.05) is 6.07 Å². The maximum absolute atomic E-state index is 12.8. The topological polar surface area (TPSA) is 78.0 Å². The minimum absolute atomic E-state index is 0.110. The van der Waals surface area contributed by atoms with Crippen LogP contribution in [0.5, 0.6) is 11.5 Å². The molecule has 0 atom stereocenters. The first-order chi connectivity index (χ1) is 13.6. The van der Waals surface area contributed by atoms with Crippen LogP contribution in [0.15, 0.2) is 48.8 Å². The van der Waals surface area contributed by atoms with Crippen molar-refractivity contribution in [2.75, 3.05) is 27.9 Å². The molecule has 1 aromatic carbocycles. The maximum atomic E-state index is 12.8. The lowest BCUT2D eigenvalue weighted by atomic mass is 10.1. The van der Waals surface area contributed by atoms with Crippen LogP contribution in [0.25, 0.3) is 6.08 Å². The Morgan fingerprint density at radius 2 is 1.96 bits per heavy atom. The monoisotopic (exact) mass is 384 g/mol. The van der Waals surface area contributed by atoms with Crippen molar-refractivity contribution in [2.24, 2.45) is 0 Å². The third-order valence-corrected chi connectivity index (χ3v) is 4.06. The van der Waals surface area contributed by atoms with Crippen molar-refractivity contribution in [3.8, 4) is 11.5 Å². The van der Waals surface area contributed by atoms with Crippen LogP contribution >= 0.6 is 0 Å². The zero-order valence-corrected chi connectivity index (χ0v) is 16.3. The van der Waals surface area contributed by atoms with Crippen molar-refractivity contribution in [1.82, 2.24) is 9.88 Å². The van der Waals surface area contributed by atoms with Crippen LogP contribution in [0.2, 0.25) is 0 Å². The Kier molecular flexibility index (Phi) is 8.02. The van der Waals surface area contributed by atoms with E-state index in [1.165, 1.54) is 13.2 Å². The summed E-state index contributed by atoms with van der Waals surface area (Å²) in [6.45, 7) is 0.573. The highest BCUT2D eigenvalue weighted by Gasteiger charge is 2.14. The zero-order valence-electron chi connectivity index (χ0n) is 16.3. The van der Waals surface area contributed by atoms with Crippen LogP contribution in [-0.2, 0) is 20.9 Å². The van der Waals surface area contributed by atoms with Gasteiger partial charge in [-0.2, -0.15) is 0 Å². The van der Waals surface area contributed by atoms with Crippen molar-refractivity contribution < 1.29 is 23.8 Å². The van der Waals surface area contributed by atoms with E-state index in [2.05, 4.69) is 9.72 Å². The summed E-state index contributed by atoms with van der Waals surface area (Å²) >= 11 is 0. The van der Waals surface area contributed by atoms with E-state index in [0.717, 1.165) is 5.56 Å². The summed E-state index contributed by atoms with van der Waals surface area (Å²) in [6.07, 6.45) is 6.58. The number of rotatable bonds is 9. The molecule has 2 rings (SSSR count). The molecular weight excluding hydrogens is 360 g/mol. The molecule has 148 valence electrons. The highest BCUT2D eigenvalue weighted by Crippen LogP contribution is 2.25. The van der Waals surface area contributed by atoms with Crippen molar-refractivity contribution in [3.63, 3.8) is 0 Å². The summed E-state index contributed by atoms with van der Waals surface area (Å²) in [5.74, 6) is 0.670. The zero-order chi connectivity index (χ0) is 20.4. The molecule has 7 nitrogen and oxygen atoms in total. The standard InChI is InChI=1S/C21H24N2O5/c1-26-18-7-8-19(27-2)17(13-18)6-9-20(24)23(12-10-21(25)28-3)15-16-5-4-11-22-14-16/h4-9,11,13-14H,10,12,15H2,1-3H3/b9-6+. The molecule has 0 aliphatic carbocycles. The van der Waals surface area contributed by atoms with Gasteiger partial charge in [-0.1, -0.05) is 6.07 Å². The number of amides is 1. The lowest BCUT2D eigenvalue weighted by Gasteiger charge is -2.20. The third kappa shape index (κ3) is 6.12. The fourth-order valence-electron chi connectivity index (χ4n) is 2.54. The van der Waals surface area contributed by atoms with Gasteiger partial charge in [-0.3, -0.25) is 14.6 Å². The number of benzene rings is 1. The van der Waals surface area contributed by atoms with Gasteiger partial charge in [0.1, 0.15) is 11.5 Å². The Balaban J connectivity index is 2.18. The minimum Gasteiger partial charge on any atom is -0.497 e. The summed E-state index contributed by atoms with van der Waals surface area (Å²) in [4.78, 5) is 29.9. The summed E-state index contributed by atoms with van der Waals surface area (Å²) in [5.41, 5.74) is 1.58. The molecule has 2 aromatic rings. The lowest BCUT2D eigenvalue weighted by molar-refractivity contribution is -0.141. The van der Waals surface area contributed by atoms with Gasteiger partial charge in [-0.05, 0) is 35.9 Å². The average molecular weight is 384 g/mol. The fourth-order valence-corrected chi connectivity index (χ4v) is 2.54. The first-order valence-corrected chi connectivity index (χ1v) is 8.72. The van der Waals surface area contributed by atoms with Gasteiger partial charge < -0.3 is 19.1 Å². The first kappa shape index (κ1) is 21.0. The average Bonchev–Trinajstić information content (AvgIpc) is 2.74. The smallest absolute Gasteiger partial charge is 0.307 e. The number of ether oxygens (including phenoxy) is 3. The van der Waals surface area contributed by atoms with E-state index >= 15 is 0 Å². The number of hydrogen-bond donors (Lipinski definition) is 0. The van der Waals surface area contributed by atoms with Gasteiger partial charge in [-0.25, -0.2) is 0 Å². The number of esters is 1. The van der Waals surface area contributed by atoms with Gasteiger partial charge in [0.2, 0.25) is 5.91 Å². The molecule has 28 heavy (non-hydrogen) atoms. The van der Waals surface area contributed by atoms with Gasteiger partial charge in [0.25, 0.3) is 0 Å². The van der Waals surface area contributed by atoms with Crippen molar-refractivity contribution in [1.29, 1.82) is 0 Å². The Morgan fingerprint density at radius 3 is 2.61 bits per heavy atom. The van der Waals surface area contributed by atoms with Crippen LogP contribution in [-0.4, -0.2) is 49.6 Å². The Hall–Kier alpha value is -3.35. The van der Waals surface area contributed by atoms with E-state index in [4.69, 9.17) is 9.47 Å². The second kappa shape index (κ2) is 10.7. The molecule has 0 N–H and O–H groups in total. The molecule has 0 spiro atoms. The largest absolute Gasteiger partial charge is 0.497 e. The first-order valence-electron chi connectivity index (χ1n) is 8.72. The van der Waals surface area contributed by atoms with Crippen molar-refractivity contribution in [3.05, 3.63) is 59.9 Å². The Labute approximate surface area is 164 Å². The van der Waals surface area contributed by atoms with Crippen LogP contribution in [0, 0.1) is 0 Å². The molecule has 0 saturated heterocycles. The molecule has 0 radical (unpaired) electrons. The Bertz CT molecular complexity index is 821. The molecular formula is C21H24N2O5. The number of carbonyl (C=O) groups excluding carboxylic acids is 2. The number of pyridine rings is 1. The number of hydrogen-bond acceptors (Lipinski definition) is 6. The molecule has 0 fully saturated rings. The molecule has 1 heterocycles. The normalized spacial score (nSPS) is 10.5. The van der Waals surface area contributed by atoms with Crippen LogP contribution < -0.4 is 9.47 Å². The van der Waals surface area contributed by atoms with Gasteiger partial charge in [-0.15, -0.1) is 0 Å². The van der Waals surface area contributed by atoms with Crippen LogP contribution in [0.4, 0.5) is 0 Å². The summed E-state index contributed by atoms with van der Waals surface area (Å²) in [6, 6.07) is 9.01. The molecule has 0 unspecified atom stereocenters. The highest BCUT2D eigenvalue weighted by molar-refractivity contribution is 5.92. The van der Waals surface area contributed by atoms with Crippen LogP contribution in [0.3, 0.4) is 0 Å². The molecule has 1 aromatic heterocycles. The number of methoxy groups -OCH3 is 3. The second-order valence-corrected chi connectivity index (χ2v) is 5.89. The van der Waals surface area contributed by atoms with E-state index in [1.54, 1.807) is 61.9 Å². The predicted molar refractivity (Wildman–Crippen MR) is 105 cm³/mol. The predicted octanol–water partition coefficient (Wildman–Crippen LogP) is 2.70. The maximum Gasteiger partial charge on any atom is 0.307 e. The number of nitrogens with zero attached hydrogens (tertiary/aromatic N) is 2. The highest BCUT2D eigenvalue weighted by atomic mass is 16.5. The summed E-state index contributed by atoms with van der Waals surface area (Å²) < 4.78 is 15.2. The molecule has 0 aliphatic heterocycles.